The molecule has 0 N–H and O–H groups in total. The van der Waals surface area contributed by atoms with E-state index in [9.17, 15) is 0 Å². The number of hydrogen-bond acceptors (Lipinski definition) is 0. The Hall–Kier alpha value is 2.41. The fourth-order valence-corrected chi connectivity index (χ4v) is 17.0. The lowest BCUT2D eigenvalue weighted by Crippen LogP contribution is -2.63. The minimum Gasteiger partial charge on any atom is -0.146 e. The Bertz CT molecular complexity index is 741. The molecule has 0 aromatic heterocycles. The van der Waals surface area contributed by atoms with Crippen LogP contribution in [0.2, 0.25) is 48.4 Å². The highest BCUT2D eigenvalue weighted by atomic mass is 35.7. The van der Waals surface area contributed by atoms with Crippen LogP contribution in [0.4, 0.5) is 0 Å². The summed E-state index contributed by atoms with van der Waals surface area (Å²) in [6.45, 7) is 7.31. The molecule has 0 nitrogen and oxygen atoms in total. The van der Waals surface area contributed by atoms with Crippen LogP contribution in [0.1, 0.15) is 40.2 Å². The molecule has 1 aromatic rings. The zero-order valence-corrected chi connectivity index (χ0v) is 30.8. The Morgan fingerprint density at radius 3 is 1.06 bits per heavy atom. The van der Waals surface area contributed by atoms with Gasteiger partial charge in [-0.25, -0.2) is 0 Å². The van der Waals surface area contributed by atoms with E-state index in [-0.39, 0.29) is 22.2 Å². The molecule has 0 aliphatic heterocycles. The first kappa shape index (κ1) is 33.4. The summed E-state index contributed by atoms with van der Waals surface area (Å²) in [5.74, 6) is 0. The summed E-state index contributed by atoms with van der Waals surface area (Å²) in [7, 11) is 0. The van der Waals surface area contributed by atoms with Gasteiger partial charge in [0.05, 0.1) is 0 Å². The third-order valence-electron chi connectivity index (χ3n) is 8.35. The van der Waals surface area contributed by atoms with E-state index in [2.05, 4.69) is 46.8 Å². The molecule has 0 radical (unpaired) electrons. The maximum absolute atomic E-state index is 7.08. The van der Waals surface area contributed by atoms with Gasteiger partial charge in [0.25, 0.3) is 26.8 Å². The lowest BCUT2D eigenvalue weighted by atomic mass is 9.54. The van der Waals surface area contributed by atoms with Crippen molar-refractivity contribution in [2.75, 3.05) is 0 Å². The van der Waals surface area contributed by atoms with Gasteiger partial charge < -0.3 is 0 Å². The van der Waals surface area contributed by atoms with Gasteiger partial charge in [-0.1, -0.05) is 65.0 Å². The zero-order valence-electron chi connectivity index (χ0n) is 20.7. The van der Waals surface area contributed by atoms with Crippen LogP contribution in [0.15, 0.2) is 30.3 Å². The van der Waals surface area contributed by atoms with Crippen molar-refractivity contribution >= 4 is 115 Å². The van der Waals surface area contributed by atoms with Crippen LogP contribution in [-0.4, -0.2) is 26.8 Å². The van der Waals surface area contributed by atoms with Gasteiger partial charge in [0.1, 0.15) is 0 Å². The summed E-state index contributed by atoms with van der Waals surface area (Å²) in [6, 6.07) is 10.3. The molecule has 0 heterocycles. The van der Waals surface area contributed by atoms with Crippen LogP contribution in [0.25, 0.3) is 0 Å². The van der Waals surface area contributed by atoms with Gasteiger partial charge in [-0.2, -0.15) is 0 Å². The first-order chi connectivity index (χ1) is 14.5. The number of hydrogen-bond donors (Lipinski definition) is 0. The average molecular weight is 684 g/mol. The van der Waals surface area contributed by atoms with Crippen LogP contribution in [0.3, 0.4) is 0 Å². The molecule has 12 heteroatoms. The fraction of sp³-hybridized carbons (Fsp3) is 0.714. The Morgan fingerprint density at radius 2 is 0.818 bits per heavy atom. The summed E-state index contributed by atoms with van der Waals surface area (Å²) in [4.78, 5) is 0. The maximum Gasteiger partial charge on any atom is 0.252 e. The zero-order chi connectivity index (χ0) is 26.4. The summed E-state index contributed by atoms with van der Waals surface area (Å²) < 4.78 is 0. The molecule has 0 bridgehead atoms. The van der Waals surface area contributed by atoms with Gasteiger partial charge in [0.2, 0.25) is 0 Å². The molecule has 192 valence electrons. The predicted molar refractivity (Wildman–Crippen MR) is 167 cm³/mol. The first-order valence-corrected chi connectivity index (χ1v) is 29.4. The highest BCUT2D eigenvalue weighted by molar-refractivity contribution is 7.47. The lowest BCUT2D eigenvalue weighted by molar-refractivity contribution is 0.106. The summed E-state index contributed by atoms with van der Waals surface area (Å²) in [5.41, 5.74) is -0.821. The maximum atomic E-state index is 7.08. The van der Waals surface area contributed by atoms with Crippen molar-refractivity contribution in [1.82, 2.24) is 0 Å². The molecular weight excluding hydrogens is 648 g/mol. The summed E-state index contributed by atoms with van der Waals surface area (Å²) in [6.07, 6.45) is 0. The van der Waals surface area contributed by atoms with Gasteiger partial charge in [-0.15, -0.1) is 88.6 Å². The largest absolute Gasteiger partial charge is 0.252 e. The van der Waals surface area contributed by atoms with E-state index in [1.807, 2.05) is 44.4 Å². The second-order valence-electron chi connectivity index (χ2n) is 10.2. The third kappa shape index (κ3) is 6.71. The second-order valence-corrected chi connectivity index (χ2v) is 42.5. The Balaban J connectivity index is 4.45. The predicted octanol–water partition coefficient (Wildman–Crippen LogP) is 11.7. The van der Waals surface area contributed by atoms with Crippen molar-refractivity contribution in [3.05, 3.63) is 35.9 Å². The number of rotatable bonds is 10. The third-order valence-corrected chi connectivity index (χ3v) is 24.4. The highest BCUT2D eigenvalue weighted by Crippen LogP contribution is 2.73. The standard InChI is InChI=1S/C21H36Cl8Si4/c1-15(30(6,22)23)20(5,16(2)31(7,24)25)21(17(3)32(8,26)27,18(4)33(9,28)29)19-13-11-10-12-14-19/h10-18H,1-9H3. The van der Waals surface area contributed by atoms with Gasteiger partial charge in [-0.3, -0.25) is 0 Å². The highest BCUT2D eigenvalue weighted by Gasteiger charge is 2.69. The lowest BCUT2D eigenvalue weighted by Gasteiger charge is -2.65. The minimum absolute atomic E-state index is 0.132. The van der Waals surface area contributed by atoms with Crippen molar-refractivity contribution < 1.29 is 0 Å². The molecule has 0 aliphatic carbocycles. The Labute approximate surface area is 242 Å². The molecule has 0 amide bonds. The van der Waals surface area contributed by atoms with Crippen molar-refractivity contribution in [2.24, 2.45) is 5.41 Å². The van der Waals surface area contributed by atoms with Gasteiger partial charge in [0.15, 0.2) is 0 Å². The Kier molecular flexibility index (Phi) is 11.4. The molecule has 0 saturated carbocycles. The fourth-order valence-electron chi connectivity index (χ4n) is 5.78. The van der Waals surface area contributed by atoms with Crippen LogP contribution >= 0.6 is 88.6 Å². The smallest absolute Gasteiger partial charge is 0.146 e. The molecule has 0 aliphatic rings. The van der Waals surface area contributed by atoms with Gasteiger partial charge in [0, 0.05) is 5.41 Å². The monoisotopic (exact) mass is 680 g/mol. The van der Waals surface area contributed by atoms with E-state index in [0.717, 1.165) is 5.56 Å². The molecular formula is C21H36Cl8Si4. The molecule has 4 unspecified atom stereocenters. The molecule has 1 rings (SSSR count). The van der Waals surface area contributed by atoms with Crippen molar-refractivity contribution in [3.8, 4) is 0 Å². The van der Waals surface area contributed by atoms with Gasteiger partial charge >= 0.3 is 0 Å². The molecule has 0 spiro atoms. The van der Waals surface area contributed by atoms with Gasteiger partial charge in [-0.05, 0) is 59.3 Å². The minimum atomic E-state index is -2.83. The van der Waals surface area contributed by atoms with Crippen molar-refractivity contribution in [2.45, 2.75) is 88.4 Å². The van der Waals surface area contributed by atoms with Crippen LogP contribution in [0.5, 0.6) is 0 Å². The quantitative estimate of drug-likeness (QED) is 0.170. The second kappa shape index (κ2) is 11.3. The topological polar surface area (TPSA) is 0 Å². The van der Waals surface area contributed by atoms with E-state index < -0.39 is 37.6 Å². The average Bonchev–Trinajstić information content (AvgIpc) is 2.64. The Morgan fingerprint density at radius 1 is 0.545 bits per heavy atom. The van der Waals surface area contributed by atoms with E-state index in [1.165, 1.54) is 0 Å². The normalized spacial score (nSPS) is 21.5. The number of halogens is 8. The molecule has 0 saturated heterocycles. The van der Waals surface area contributed by atoms with Crippen molar-refractivity contribution in [1.29, 1.82) is 0 Å². The molecule has 1 aromatic carbocycles. The van der Waals surface area contributed by atoms with Crippen LogP contribution in [-0.2, 0) is 5.41 Å². The SMILES string of the molecule is CC(C(C)(C(C)[Si](C)(Cl)Cl)C(c1ccccc1)(C(C)[Si](C)(Cl)Cl)C(C)[Si](C)(Cl)Cl)[Si](C)(Cl)Cl. The molecule has 4 atom stereocenters. The summed E-state index contributed by atoms with van der Waals surface area (Å²) in [5, 5.41) is 0. The molecule has 33 heavy (non-hydrogen) atoms. The first-order valence-electron chi connectivity index (χ1n) is 11.0. The van der Waals surface area contributed by atoms with E-state index >= 15 is 0 Å². The van der Waals surface area contributed by atoms with Crippen molar-refractivity contribution in [3.63, 3.8) is 0 Å². The van der Waals surface area contributed by atoms with Crippen LogP contribution in [0, 0.1) is 5.41 Å². The van der Waals surface area contributed by atoms with E-state index in [1.54, 1.807) is 0 Å². The number of benzene rings is 1. The van der Waals surface area contributed by atoms with E-state index in [4.69, 9.17) is 88.6 Å². The molecule has 0 fully saturated rings. The van der Waals surface area contributed by atoms with Crippen LogP contribution < -0.4 is 0 Å². The van der Waals surface area contributed by atoms with E-state index in [0.29, 0.717) is 0 Å². The summed E-state index contributed by atoms with van der Waals surface area (Å²) >= 11 is 56.4.